The SMILES string of the molecule is CNC(c1ccc2oc(C)nc2c1)C(C)CN. The molecule has 1 aromatic heterocycles. The van der Waals surface area contributed by atoms with E-state index in [0.717, 1.165) is 11.1 Å². The first-order valence-electron chi connectivity index (χ1n) is 5.90. The zero-order chi connectivity index (χ0) is 12.4. The van der Waals surface area contributed by atoms with Gasteiger partial charge in [0.2, 0.25) is 0 Å². The smallest absolute Gasteiger partial charge is 0.192 e. The maximum Gasteiger partial charge on any atom is 0.192 e. The van der Waals surface area contributed by atoms with E-state index in [1.807, 2.05) is 20.0 Å². The van der Waals surface area contributed by atoms with Gasteiger partial charge in [-0.2, -0.15) is 0 Å². The summed E-state index contributed by atoms with van der Waals surface area (Å²) >= 11 is 0. The van der Waals surface area contributed by atoms with E-state index < -0.39 is 0 Å². The van der Waals surface area contributed by atoms with Crippen LogP contribution >= 0.6 is 0 Å². The first kappa shape index (κ1) is 12.1. The summed E-state index contributed by atoms with van der Waals surface area (Å²) in [5.41, 5.74) is 8.67. The molecule has 17 heavy (non-hydrogen) atoms. The summed E-state index contributed by atoms with van der Waals surface area (Å²) in [4.78, 5) is 4.35. The Balaban J connectivity index is 2.40. The summed E-state index contributed by atoms with van der Waals surface area (Å²) in [5, 5.41) is 3.30. The normalized spacial score (nSPS) is 15.1. The third kappa shape index (κ3) is 2.33. The maximum atomic E-state index is 5.73. The highest BCUT2D eigenvalue weighted by Gasteiger charge is 2.17. The highest BCUT2D eigenvalue weighted by Crippen LogP contribution is 2.25. The summed E-state index contributed by atoms with van der Waals surface area (Å²) in [5.74, 6) is 1.08. The van der Waals surface area contributed by atoms with Crippen LogP contribution in [0.25, 0.3) is 11.1 Å². The van der Waals surface area contributed by atoms with Crippen molar-refractivity contribution in [3.63, 3.8) is 0 Å². The van der Waals surface area contributed by atoms with Crippen molar-refractivity contribution in [1.82, 2.24) is 10.3 Å². The Kier molecular flexibility index (Phi) is 3.45. The lowest BCUT2D eigenvalue weighted by atomic mass is 9.94. The standard InChI is InChI=1S/C13H19N3O/c1-8(7-14)13(15-3)10-4-5-12-11(6-10)16-9(2)17-12/h4-6,8,13,15H,7,14H2,1-3H3. The molecule has 0 bridgehead atoms. The van der Waals surface area contributed by atoms with Crippen molar-refractivity contribution < 1.29 is 4.42 Å². The van der Waals surface area contributed by atoms with Crippen LogP contribution in [0.15, 0.2) is 22.6 Å². The molecule has 4 heteroatoms. The first-order valence-corrected chi connectivity index (χ1v) is 5.90. The Morgan fingerprint density at radius 1 is 1.47 bits per heavy atom. The molecule has 4 nitrogen and oxygen atoms in total. The number of hydrogen-bond donors (Lipinski definition) is 2. The Morgan fingerprint density at radius 2 is 2.24 bits per heavy atom. The Hall–Kier alpha value is -1.39. The average molecular weight is 233 g/mol. The highest BCUT2D eigenvalue weighted by molar-refractivity contribution is 5.73. The van der Waals surface area contributed by atoms with Gasteiger partial charge in [-0.3, -0.25) is 0 Å². The minimum absolute atomic E-state index is 0.251. The molecule has 0 aliphatic heterocycles. The van der Waals surface area contributed by atoms with Crippen molar-refractivity contribution in [2.45, 2.75) is 19.9 Å². The van der Waals surface area contributed by atoms with Crippen molar-refractivity contribution in [2.24, 2.45) is 11.7 Å². The van der Waals surface area contributed by atoms with Crippen LogP contribution in [0, 0.1) is 12.8 Å². The molecule has 0 radical (unpaired) electrons. The lowest BCUT2D eigenvalue weighted by Gasteiger charge is -2.22. The van der Waals surface area contributed by atoms with Gasteiger partial charge in [0.1, 0.15) is 5.52 Å². The number of rotatable bonds is 4. The van der Waals surface area contributed by atoms with E-state index in [0.29, 0.717) is 18.4 Å². The number of benzene rings is 1. The minimum Gasteiger partial charge on any atom is -0.441 e. The summed E-state index contributed by atoms with van der Waals surface area (Å²) in [6, 6.07) is 6.36. The molecule has 2 unspecified atom stereocenters. The van der Waals surface area contributed by atoms with Crippen molar-refractivity contribution in [2.75, 3.05) is 13.6 Å². The third-order valence-corrected chi connectivity index (χ3v) is 3.13. The van der Waals surface area contributed by atoms with Crippen LogP contribution in [0.1, 0.15) is 24.4 Å². The predicted molar refractivity (Wildman–Crippen MR) is 68.8 cm³/mol. The highest BCUT2D eigenvalue weighted by atomic mass is 16.3. The number of oxazole rings is 1. The van der Waals surface area contributed by atoms with Crippen LogP contribution in [-0.4, -0.2) is 18.6 Å². The monoisotopic (exact) mass is 233 g/mol. The molecule has 92 valence electrons. The van der Waals surface area contributed by atoms with Gasteiger partial charge in [0.15, 0.2) is 11.5 Å². The maximum absolute atomic E-state index is 5.73. The number of aromatic nitrogens is 1. The van der Waals surface area contributed by atoms with Gasteiger partial charge in [-0.15, -0.1) is 0 Å². The number of hydrogen-bond acceptors (Lipinski definition) is 4. The molecule has 2 rings (SSSR count). The van der Waals surface area contributed by atoms with Crippen LogP contribution < -0.4 is 11.1 Å². The summed E-state index contributed by atoms with van der Waals surface area (Å²) in [6.45, 7) is 4.65. The van der Waals surface area contributed by atoms with Gasteiger partial charge in [0.05, 0.1) is 0 Å². The fraction of sp³-hybridized carbons (Fsp3) is 0.462. The molecule has 1 heterocycles. The van der Waals surface area contributed by atoms with Gasteiger partial charge in [-0.25, -0.2) is 4.98 Å². The molecule has 0 aliphatic carbocycles. The summed E-state index contributed by atoms with van der Waals surface area (Å²) in [7, 11) is 1.95. The molecule has 0 aliphatic rings. The van der Waals surface area contributed by atoms with E-state index in [1.165, 1.54) is 5.56 Å². The molecule has 0 saturated heterocycles. The molecule has 1 aromatic carbocycles. The Labute approximate surface area is 101 Å². The lowest BCUT2D eigenvalue weighted by Crippen LogP contribution is -2.28. The molecule has 2 aromatic rings. The van der Waals surface area contributed by atoms with E-state index in [2.05, 4.69) is 29.4 Å². The topological polar surface area (TPSA) is 64.1 Å². The quantitative estimate of drug-likeness (QED) is 0.847. The van der Waals surface area contributed by atoms with Crippen LogP contribution in [0.3, 0.4) is 0 Å². The molecule has 0 spiro atoms. The van der Waals surface area contributed by atoms with Gasteiger partial charge in [0, 0.05) is 13.0 Å². The van der Waals surface area contributed by atoms with Crippen molar-refractivity contribution in [3.8, 4) is 0 Å². The largest absolute Gasteiger partial charge is 0.441 e. The fourth-order valence-electron chi connectivity index (χ4n) is 2.17. The van der Waals surface area contributed by atoms with Crippen LogP contribution in [-0.2, 0) is 0 Å². The van der Waals surface area contributed by atoms with Crippen LogP contribution in [0.2, 0.25) is 0 Å². The van der Waals surface area contributed by atoms with Crippen molar-refractivity contribution in [1.29, 1.82) is 0 Å². The molecule has 2 atom stereocenters. The molecular weight excluding hydrogens is 214 g/mol. The number of nitrogens with two attached hydrogens (primary N) is 1. The Morgan fingerprint density at radius 3 is 2.88 bits per heavy atom. The summed E-state index contributed by atoms with van der Waals surface area (Å²) in [6.07, 6.45) is 0. The molecule has 0 saturated carbocycles. The summed E-state index contributed by atoms with van der Waals surface area (Å²) < 4.78 is 5.47. The molecular formula is C13H19N3O. The second kappa shape index (κ2) is 4.85. The van der Waals surface area contributed by atoms with Gasteiger partial charge in [-0.05, 0) is 37.2 Å². The second-order valence-electron chi connectivity index (χ2n) is 4.44. The van der Waals surface area contributed by atoms with E-state index in [-0.39, 0.29) is 6.04 Å². The van der Waals surface area contributed by atoms with Crippen molar-refractivity contribution >= 4 is 11.1 Å². The molecule has 3 N–H and O–H groups in total. The van der Waals surface area contributed by atoms with Crippen LogP contribution in [0.5, 0.6) is 0 Å². The molecule has 0 fully saturated rings. The van der Waals surface area contributed by atoms with Gasteiger partial charge in [-0.1, -0.05) is 13.0 Å². The van der Waals surface area contributed by atoms with Crippen LogP contribution in [0.4, 0.5) is 0 Å². The predicted octanol–water partition coefficient (Wildman–Crippen LogP) is 1.99. The zero-order valence-electron chi connectivity index (χ0n) is 10.5. The van der Waals surface area contributed by atoms with Gasteiger partial charge >= 0.3 is 0 Å². The average Bonchev–Trinajstić information content (AvgIpc) is 2.69. The molecule has 0 amide bonds. The second-order valence-corrected chi connectivity index (χ2v) is 4.44. The van der Waals surface area contributed by atoms with E-state index in [9.17, 15) is 0 Å². The number of aryl methyl sites for hydroxylation is 1. The third-order valence-electron chi connectivity index (χ3n) is 3.13. The number of nitrogens with zero attached hydrogens (tertiary/aromatic N) is 1. The van der Waals surface area contributed by atoms with Gasteiger partial charge < -0.3 is 15.5 Å². The zero-order valence-corrected chi connectivity index (χ0v) is 10.5. The first-order chi connectivity index (χ1) is 8.15. The minimum atomic E-state index is 0.251. The lowest BCUT2D eigenvalue weighted by molar-refractivity contribution is 0.420. The Bertz CT molecular complexity index is 506. The van der Waals surface area contributed by atoms with Gasteiger partial charge in [0.25, 0.3) is 0 Å². The number of fused-ring (bicyclic) bond motifs is 1. The number of nitrogens with one attached hydrogen (secondary N) is 1. The van der Waals surface area contributed by atoms with Crippen molar-refractivity contribution in [3.05, 3.63) is 29.7 Å². The van der Waals surface area contributed by atoms with E-state index in [4.69, 9.17) is 10.2 Å². The van der Waals surface area contributed by atoms with E-state index in [1.54, 1.807) is 0 Å². The van der Waals surface area contributed by atoms with E-state index >= 15 is 0 Å². The fourth-order valence-corrected chi connectivity index (χ4v) is 2.17.